The number of rotatable bonds is 4. The summed E-state index contributed by atoms with van der Waals surface area (Å²) in [6.45, 7) is 3.82. The molecule has 3 aromatic rings. The number of anilines is 1. The molecule has 6 nitrogen and oxygen atoms in total. The van der Waals surface area contributed by atoms with Gasteiger partial charge < -0.3 is 13.9 Å². The van der Waals surface area contributed by atoms with Crippen molar-refractivity contribution in [3.63, 3.8) is 0 Å². The highest BCUT2D eigenvalue weighted by molar-refractivity contribution is 5.53. The van der Waals surface area contributed by atoms with Crippen LogP contribution in [0.5, 0.6) is 0 Å². The van der Waals surface area contributed by atoms with Gasteiger partial charge in [-0.3, -0.25) is 0 Å². The number of aryl methyl sites for hydroxylation is 2. The first-order valence-corrected chi connectivity index (χ1v) is 8.42. The van der Waals surface area contributed by atoms with Gasteiger partial charge in [0.15, 0.2) is 0 Å². The molecule has 0 N–H and O–H groups in total. The Hall–Kier alpha value is -2.70. The minimum atomic E-state index is -0.285. The summed E-state index contributed by atoms with van der Waals surface area (Å²) in [5.41, 5.74) is 1.79. The first-order chi connectivity index (χ1) is 12.1. The molecule has 1 unspecified atom stereocenters. The van der Waals surface area contributed by atoms with Gasteiger partial charge in [0.05, 0.1) is 5.69 Å². The van der Waals surface area contributed by atoms with Crippen molar-refractivity contribution in [1.82, 2.24) is 19.7 Å². The summed E-state index contributed by atoms with van der Waals surface area (Å²) < 4.78 is 21.0. The van der Waals surface area contributed by atoms with Crippen LogP contribution in [-0.4, -0.2) is 33.3 Å². The van der Waals surface area contributed by atoms with E-state index in [1.165, 1.54) is 18.0 Å². The molecule has 0 fully saturated rings. The second-order valence-corrected chi connectivity index (χ2v) is 6.63. The lowest BCUT2D eigenvalue weighted by molar-refractivity contribution is 0.363. The van der Waals surface area contributed by atoms with Gasteiger partial charge in [-0.15, -0.1) is 5.10 Å². The average molecular weight is 341 g/mol. The lowest BCUT2D eigenvalue weighted by atomic mass is 9.99. The number of hydrogen-bond donors (Lipinski definition) is 0. The number of halogens is 1. The smallest absolute Gasteiger partial charge is 0.318 e. The maximum Gasteiger partial charge on any atom is 0.318 e. The Morgan fingerprint density at radius 2 is 2.08 bits per heavy atom. The van der Waals surface area contributed by atoms with Gasteiger partial charge in [-0.25, -0.2) is 9.37 Å². The van der Waals surface area contributed by atoms with Crippen molar-refractivity contribution < 1.29 is 8.81 Å². The molecule has 25 heavy (non-hydrogen) atoms. The summed E-state index contributed by atoms with van der Waals surface area (Å²) in [7, 11) is 1.95. The van der Waals surface area contributed by atoms with E-state index in [4.69, 9.17) is 4.42 Å². The van der Waals surface area contributed by atoms with Gasteiger partial charge in [0.1, 0.15) is 11.6 Å². The molecule has 1 atom stereocenters. The first kappa shape index (κ1) is 15.8. The van der Waals surface area contributed by atoms with E-state index in [1.54, 1.807) is 12.1 Å². The molecule has 2 aromatic heterocycles. The molecule has 3 heterocycles. The fraction of sp³-hybridized carbons (Fsp3) is 0.389. The van der Waals surface area contributed by atoms with Crippen LogP contribution in [0.15, 0.2) is 34.9 Å². The molecule has 0 bridgehead atoms. The fourth-order valence-corrected chi connectivity index (χ4v) is 3.35. The van der Waals surface area contributed by atoms with Crippen LogP contribution in [0.1, 0.15) is 17.9 Å². The van der Waals surface area contributed by atoms with Gasteiger partial charge in [-0.1, -0.05) is 5.10 Å². The zero-order valence-corrected chi connectivity index (χ0v) is 14.3. The van der Waals surface area contributed by atoms with Crippen molar-refractivity contribution in [2.45, 2.75) is 26.3 Å². The number of fused-ring (bicyclic) bond motifs is 1. The maximum atomic E-state index is 13.0. The van der Waals surface area contributed by atoms with Crippen LogP contribution in [-0.2, 0) is 13.0 Å². The van der Waals surface area contributed by atoms with Crippen molar-refractivity contribution in [2.75, 3.05) is 18.5 Å². The zero-order chi connectivity index (χ0) is 17.4. The summed E-state index contributed by atoms with van der Waals surface area (Å²) in [5, 5.41) is 8.20. The van der Waals surface area contributed by atoms with Crippen LogP contribution in [0.4, 0.5) is 10.4 Å². The third-order valence-electron chi connectivity index (χ3n) is 4.57. The average Bonchev–Trinajstić information content (AvgIpc) is 3.21. The molecule has 4 rings (SSSR count). The van der Waals surface area contributed by atoms with Crippen LogP contribution in [0.25, 0.3) is 11.5 Å². The summed E-state index contributed by atoms with van der Waals surface area (Å²) in [4.78, 5) is 6.53. The van der Waals surface area contributed by atoms with E-state index in [-0.39, 0.29) is 5.82 Å². The lowest BCUT2D eigenvalue weighted by Gasteiger charge is -2.27. The summed E-state index contributed by atoms with van der Waals surface area (Å²) in [6, 6.07) is 6.52. The summed E-state index contributed by atoms with van der Waals surface area (Å²) in [5.74, 6) is 1.80. The summed E-state index contributed by atoms with van der Waals surface area (Å²) in [6.07, 6.45) is 4.21. The number of hydrogen-bond acceptors (Lipinski definition) is 5. The first-order valence-electron chi connectivity index (χ1n) is 8.42. The van der Waals surface area contributed by atoms with E-state index < -0.39 is 0 Å². The van der Waals surface area contributed by atoms with Crippen molar-refractivity contribution in [2.24, 2.45) is 5.92 Å². The highest BCUT2D eigenvalue weighted by Gasteiger charge is 2.23. The van der Waals surface area contributed by atoms with E-state index >= 15 is 0 Å². The van der Waals surface area contributed by atoms with E-state index in [1.807, 2.05) is 18.9 Å². The van der Waals surface area contributed by atoms with Gasteiger partial charge in [0.25, 0.3) is 0 Å². The molecular weight excluding hydrogens is 321 g/mol. The Balaban J connectivity index is 1.43. The number of aromatic nitrogens is 4. The second-order valence-electron chi connectivity index (χ2n) is 6.63. The molecule has 0 spiro atoms. The second kappa shape index (κ2) is 6.31. The Bertz CT molecular complexity index is 870. The maximum absolute atomic E-state index is 13.0. The quantitative estimate of drug-likeness (QED) is 0.730. The van der Waals surface area contributed by atoms with Crippen LogP contribution in [0.2, 0.25) is 0 Å². The van der Waals surface area contributed by atoms with E-state index in [0.717, 1.165) is 31.6 Å². The van der Waals surface area contributed by atoms with Crippen molar-refractivity contribution >= 4 is 6.01 Å². The minimum Gasteiger partial charge on any atom is -0.403 e. The Kier molecular flexibility index (Phi) is 3.99. The van der Waals surface area contributed by atoms with E-state index in [0.29, 0.717) is 23.4 Å². The summed E-state index contributed by atoms with van der Waals surface area (Å²) >= 11 is 0. The highest BCUT2D eigenvalue weighted by Crippen LogP contribution is 2.25. The SMILES string of the molecule is Cc1cn2c(n1)CCC(CN(C)c1nnc(-c3ccc(F)cc3)o1)C2. The van der Waals surface area contributed by atoms with Gasteiger partial charge in [-0.2, -0.15) is 0 Å². The molecule has 0 radical (unpaired) electrons. The predicted octanol–water partition coefficient (Wildman–Crippen LogP) is 3.08. The molecule has 1 aliphatic rings. The molecule has 1 aromatic carbocycles. The number of nitrogens with zero attached hydrogens (tertiary/aromatic N) is 5. The molecule has 0 saturated heterocycles. The van der Waals surface area contributed by atoms with Crippen LogP contribution >= 0.6 is 0 Å². The van der Waals surface area contributed by atoms with Crippen molar-refractivity contribution in [3.05, 3.63) is 47.8 Å². The van der Waals surface area contributed by atoms with Gasteiger partial charge in [0.2, 0.25) is 5.89 Å². The number of benzene rings is 1. The topological polar surface area (TPSA) is 60.0 Å². The van der Waals surface area contributed by atoms with E-state index in [9.17, 15) is 4.39 Å². The third kappa shape index (κ3) is 3.26. The zero-order valence-electron chi connectivity index (χ0n) is 14.3. The molecule has 130 valence electrons. The molecule has 0 amide bonds. The molecule has 0 saturated carbocycles. The minimum absolute atomic E-state index is 0.285. The van der Waals surface area contributed by atoms with E-state index in [2.05, 4.69) is 25.9 Å². The monoisotopic (exact) mass is 341 g/mol. The fourth-order valence-electron chi connectivity index (χ4n) is 3.35. The number of imidazole rings is 1. The van der Waals surface area contributed by atoms with Crippen LogP contribution in [0, 0.1) is 18.7 Å². The van der Waals surface area contributed by atoms with Gasteiger partial charge >= 0.3 is 6.01 Å². The van der Waals surface area contributed by atoms with Crippen molar-refractivity contribution in [3.8, 4) is 11.5 Å². The third-order valence-corrected chi connectivity index (χ3v) is 4.57. The Morgan fingerprint density at radius 3 is 2.88 bits per heavy atom. The molecular formula is C18H20FN5O. The predicted molar refractivity (Wildman–Crippen MR) is 91.7 cm³/mol. The van der Waals surface area contributed by atoms with Gasteiger partial charge in [0, 0.05) is 38.3 Å². The molecule has 7 heteroatoms. The van der Waals surface area contributed by atoms with Crippen LogP contribution < -0.4 is 4.90 Å². The van der Waals surface area contributed by atoms with Gasteiger partial charge in [-0.05, 0) is 43.5 Å². The standard InChI is InChI=1S/C18H20FN5O/c1-12-9-24-11-13(3-8-16(24)20-12)10-23(2)18-22-21-17(25-18)14-4-6-15(19)7-5-14/h4-7,9,13H,3,8,10-11H2,1-2H3. The normalized spacial score (nSPS) is 16.7. The Labute approximate surface area is 145 Å². The molecule has 1 aliphatic heterocycles. The van der Waals surface area contributed by atoms with Crippen molar-refractivity contribution in [1.29, 1.82) is 0 Å². The van der Waals surface area contributed by atoms with Crippen LogP contribution in [0.3, 0.4) is 0 Å². The largest absolute Gasteiger partial charge is 0.403 e. The molecule has 0 aliphatic carbocycles. The highest BCUT2D eigenvalue weighted by atomic mass is 19.1. The lowest BCUT2D eigenvalue weighted by Crippen LogP contribution is -2.31. The Morgan fingerprint density at radius 1 is 1.28 bits per heavy atom.